The number of aryl methyl sites for hydroxylation is 1. The number of likely N-dealkylation sites (tertiary alicyclic amines) is 1. The predicted molar refractivity (Wildman–Crippen MR) is 100 cm³/mol. The molecule has 1 aliphatic rings. The Balaban J connectivity index is 0.00000225. The highest BCUT2D eigenvalue weighted by molar-refractivity contribution is 5.90. The molecule has 1 aliphatic heterocycles. The van der Waals surface area contributed by atoms with Crippen molar-refractivity contribution in [2.45, 2.75) is 39.7 Å². The zero-order valence-electron chi connectivity index (χ0n) is 15.0. The fraction of sp³-hybridized carbons (Fsp3) is 0.500. The minimum Gasteiger partial charge on any atom is -0.335 e. The number of halogens is 1. The van der Waals surface area contributed by atoms with Gasteiger partial charge in [0.05, 0.1) is 5.69 Å². The van der Waals surface area contributed by atoms with Crippen molar-refractivity contribution in [2.24, 2.45) is 11.1 Å². The molecular weight excluding hydrogens is 338 g/mol. The quantitative estimate of drug-likeness (QED) is 0.908. The van der Waals surface area contributed by atoms with Crippen molar-refractivity contribution in [3.63, 3.8) is 0 Å². The highest BCUT2D eigenvalue weighted by Gasteiger charge is 2.36. The molecule has 7 heteroatoms. The van der Waals surface area contributed by atoms with Crippen LogP contribution in [0, 0.1) is 5.41 Å². The molecular formula is C18H26ClN5O. The Morgan fingerprint density at radius 3 is 2.60 bits per heavy atom. The Labute approximate surface area is 154 Å². The van der Waals surface area contributed by atoms with Crippen LogP contribution in [0.2, 0.25) is 0 Å². The summed E-state index contributed by atoms with van der Waals surface area (Å²) in [5.41, 5.74) is 6.99. The first kappa shape index (κ1) is 19.4. The second kappa shape index (κ2) is 7.54. The van der Waals surface area contributed by atoms with Crippen LogP contribution in [0.5, 0.6) is 0 Å². The zero-order valence-corrected chi connectivity index (χ0v) is 15.8. The number of nitrogens with zero attached hydrogens (tertiary/aromatic N) is 4. The predicted octanol–water partition coefficient (Wildman–Crippen LogP) is 2.45. The number of rotatable bonds is 3. The van der Waals surface area contributed by atoms with Crippen molar-refractivity contribution in [3.05, 3.63) is 42.0 Å². The van der Waals surface area contributed by atoms with Crippen LogP contribution in [0.15, 0.2) is 30.3 Å². The Kier molecular flexibility index (Phi) is 5.85. The molecule has 1 aromatic heterocycles. The highest BCUT2D eigenvalue weighted by Crippen LogP contribution is 2.28. The third-order valence-corrected chi connectivity index (χ3v) is 4.78. The summed E-state index contributed by atoms with van der Waals surface area (Å²) in [6.45, 7) is 7.51. The summed E-state index contributed by atoms with van der Waals surface area (Å²) in [4.78, 5) is 19.2. The molecule has 6 nitrogen and oxygen atoms in total. The molecule has 1 aromatic carbocycles. The first-order chi connectivity index (χ1) is 11.4. The number of hydrogen-bond donors (Lipinski definition) is 1. The first-order valence-electron chi connectivity index (χ1n) is 8.48. The molecule has 0 aliphatic carbocycles. The topological polar surface area (TPSA) is 77.0 Å². The van der Waals surface area contributed by atoms with E-state index in [1.165, 1.54) is 0 Å². The van der Waals surface area contributed by atoms with Gasteiger partial charge in [-0.15, -0.1) is 17.5 Å². The minimum absolute atomic E-state index is 0. The lowest BCUT2D eigenvalue weighted by Crippen LogP contribution is -2.54. The number of hydrogen-bond acceptors (Lipinski definition) is 4. The van der Waals surface area contributed by atoms with Crippen molar-refractivity contribution in [1.82, 2.24) is 19.7 Å². The fourth-order valence-corrected chi connectivity index (χ4v) is 3.13. The van der Waals surface area contributed by atoms with Gasteiger partial charge in [-0.25, -0.2) is 9.67 Å². The molecule has 0 radical (unpaired) electrons. The van der Waals surface area contributed by atoms with Gasteiger partial charge in [-0.3, -0.25) is 4.79 Å². The van der Waals surface area contributed by atoms with E-state index < -0.39 is 0 Å². The number of carbonyl (C=O) groups is 1. The smallest absolute Gasteiger partial charge is 0.293 e. The number of nitrogens with two attached hydrogens (primary N) is 1. The van der Waals surface area contributed by atoms with E-state index in [0.717, 1.165) is 17.9 Å². The molecule has 1 unspecified atom stereocenters. The molecule has 136 valence electrons. The summed E-state index contributed by atoms with van der Waals surface area (Å²) in [7, 11) is 0. The third kappa shape index (κ3) is 3.85. The number of benzene rings is 1. The van der Waals surface area contributed by atoms with E-state index in [2.05, 4.69) is 23.9 Å². The summed E-state index contributed by atoms with van der Waals surface area (Å²) in [5.74, 6) is 0.943. The molecule has 3 rings (SSSR count). The van der Waals surface area contributed by atoms with Crippen molar-refractivity contribution >= 4 is 18.3 Å². The van der Waals surface area contributed by atoms with E-state index in [1.807, 2.05) is 42.2 Å². The maximum Gasteiger partial charge on any atom is 0.293 e. The lowest BCUT2D eigenvalue weighted by Gasteiger charge is -2.42. The largest absolute Gasteiger partial charge is 0.335 e. The van der Waals surface area contributed by atoms with E-state index in [0.29, 0.717) is 19.5 Å². The Bertz CT molecular complexity index is 728. The van der Waals surface area contributed by atoms with E-state index in [-0.39, 0.29) is 35.6 Å². The molecule has 2 aromatic rings. The highest BCUT2D eigenvalue weighted by atomic mass is 35.5. The number of aromatic nitrogens is 3. The van der Waals surface area contributed by atoms with Gasteiger partial charge in [0.2, 0.25) is 5.82 Å². The molecule has 1 amide bonds. The second-order valence-electron chi connectivity index (χ2n) is 7.06. The lowest BCUT2D eigenvalue weighted by molar-refractivity contribution is 0.0521. The zero-order chi connectivity index (χ0) is 17.3. The molecule has 0 bridgehead atoms. The molecule has 2 heterocycles. The van der Waals surface area contributed by atoms with Crippen molar-refractivity contribution in [2.75, 3.05) is 13.1 Å². The summed E-state index contributed by atoms with van der Waals surface area (Å²) in [5, 5.41) is 4.48. The first-order valence-corrected chi connectivity index (χ1v) is 8.48. The summed E-state index contributed by atoms with van der Waals surface area (Å²) < 4.78 is 1.76. The van der Waals surface area contributed by atoms with Crippen LogP contribution in [0.25, 0.3) is 5.69 Å². The second-order valence-corrected chi connectivity index (χ2v) is 7.06. The standard InChI is InChI=1S/C18H25N5O.ClH/c1-4-15-20-16(21-23(15)13-8-6-5-7-9-13)17(24)22-11-10-14(19)18(2,3)12-22;/h5-9,14H,4,10-12,19H2,1-3H3;1H. The van der Waals surface area contributed by atoms with Gasteiger partial charge in [0.1, 0.15) is 5.82 Å². The van der Waals surface area contributed by atoms with E-state index >= 15 is 0 Å². The fourth-order valence-electron chi connectivity index (χ4n) is 3.13. The van der Waals surface area contributed by atoms with Gasteiger partial charge in [-0.2, -0.15) is 0 Å². The van der Waals surface area contributed by atoms with Crippen molar-refractivity contribution in [1.29, 1.82) is 0 Å². The van der Waals surface area contributed by atoms with Gasteiger partial charge in [0.25, 0.3) is 5.91 Å². The summed E-state index contributed by atoms with van der Waals surface area (Å²) in [6.07, 6.45) is 1.52. The van der Waals surface area contributed by atoms with Gasteiger partial charge in [0, 0.05) is 25.6 Å². The van der Waals surface area contributed by atoms with Crippen LogP contribution in [0.3, 0.4) is 0 Å². The molecule has 2 N–H and O–H groups in total. The van der Waals surface area contributed by atoms with Gasteiger partial charge in [-0.05, 0) is 24.0 Å². The number of carbonyl (C=O) groups excluding carboxylic acids is 1. The van der Waals surface area contributed by atoms with E-state index in [1.54, 1.807) is 4.68 Å². The Morgan fingerprint density at radius 2 is 2.00 bits per heavy atom. The SMILES string of the molecule is CCc1nc(C(=O)N2CCC(N)C(C)(C)C2)nn1-c1ccccc1.Cl. The lowest BCUT2D eigenvalue weighted by atomic mass is 9.79. The molecule has 25 heavy (non-hydrogen) atoms. The average Bonchev–Trinajstić information content (AvgIpc) is 3.01. The van der Waals surface area contributed by atoms with Crippen LogP contribution in [-0.4, -0.2) is 44.7 Å². The van der Waals surface area contributed by atoms with Crippen LogP contribution in [0.1, 0.15) is 43.6 Å². The molecule has 0 spiro atoms. The number of piperidine rings is 1. The maximum absolute atomic E-state index is 12.9. The number of amides is 1. The van der Waals surface area contributed by atoms with Gasteiger partial charge >= 0.3 is 0 Å². The third-order valence-electron chi connectivity index (χ3n) is 4.78. The van der Waals surface area contributed by atoms with Gasteiger partial charge in [0.15, 0.2) is 0 Å². The summed E-state index contributed by atoms with van der Waals surface area (Å²) in [6, 6.07) is 9.90. The van der Waals surface area contributed by atoms with Crippen molar-refractivity contribution < 1.29 is 4.79 Å². The molecule has 1 atom stereocenters. The van der Waals surface area contributed by atoms with E-state index in [4.69, 9.17) is 5.73 Å². The normalized spacial score (nSPS) is 19.4. The monoisotopic (exact) mass is 363 g/mol. The van der Waals surface area contributed by atoms with E-state index in [9.17, 15) is 4.79 Å². The van der Waals surface area contributed by atoms with Crippen LogP contribution >= 0.6 is 12.4 Å². The van der Waals surface area contributed by atoms with Crippen LogP contribution in [0.4, 0.5) is 0 Å². The van der Waals surface area contributed by atoms with Crippen molar-refractivity contribution in [3.8, 4) is 5.69 Å². The molecule has 1 saturated heterocycles. The van der Waals surface area contributed by atoms with Crippen LogP contribution in [-0.2, 0) is 6.42 Å². The van der Waals surface area contributed by atoms with Crippen LogP contribution < -0.4 is 5.73 Å². The molecule has 1 fully saturated rings. The van der Waals surface area contributed by atoms with Gasteiger partial charge < -0.3 is 10.6 Å². The maximum atomic E-state index is 12.9. The Hall–Kier alpha value is -1.92. The van der Waals surface area contributed by atoms with Gasteiger partial charge in [-0.1, -0.05) is 39.0 Å². The Morgan fingerprint density at radius 1 is 1.32 bits per heavy atom. The summed E-state index contributed by atoms with van der Waals surface area (Å²) >= 11 is 0. The average molecular weight is 364 g/mol. The number of para-hydroxylation sites is 1. The molecule has 0 saturated carbocycles. The minimum atomic E-state index is -0.112.